The van der Waals surface area contributed by atoms with E-state index in [4.69, 9.17) is 4.74 Å². The molecule has 11 heteroatoms. The number of carbonyl (C=O) groups excluding carboxylic acids is 1. The molecule has 2 fully saturated rings. The number of nitrogens with zero attached hydrogens (tertiary/aromatic N) is 2. The Morgan fingerprint density at radius 3 is 2.32 bits per heavy atom. The number of alkyl halides is 3. The summed E-state index contributed by atoms with van der Waals surface area (Å²) in [5.74, 6) is -0.676. The maximum atomic E-state index is 13.4. The zero-order valence-corrected chi connectivity index (χ0v) is 19.5. The molecule has 2 heterocycles. The van der Waals surface area contributed by atoms with Gasteiger partial charge in [-0.1, -0.05) is 6.07 Å². The number of nitrogens with one attached hydrogen (secondary N) is 1. The highest BCUT2D eigenvalue weighted by atomic mass is 32.2. The van der Waals surface area contributed by atoms with Gasteiger partial charge in [-0.25, -0.2) is 8.42 Å². The number of sulfonamides is 1. The number of carbonyl (C=O) groups is 1. The zero-order chi connectivity index (χ0) is 24.5. The molecule has 4 rings (SSSR count). The third-order valence-corrected chi connectivity index (χ3v) is 7.97. The van der Waals surface area contributed by atoms with E-state index in [0.717, 1.165) is 25.0 Å². The summed E-state index contributed by atoms with van der Waals surface area (Å²) in [6, 6.07) is 7.50. The molecule has 0 unspecified atom stereocenters. The third kappa shape index (κ3) is 5.06. The monoisotopic (exact) mass is 497 g/mol. The maximum absolute atomic E-state index is 13.4. The van der Waals surface area contributed by atoms with Crippen LogP contribution >= 0.6 is 0 Å². The van der Waals surface area contributed by atoms with Gasteiger partial charge in [0.25, 0.3) is 5.91 Å². The van der Waals surface area contributed by atoms with Gasteiger partial charge in [-0.15, -0.1) is 0 Å². The van der Waals surface area contributed by atoms with Crippen LogP contribution in [0, 0.1) is 6.92 Å². The van der Waals surface area contributed by atoms with E-state index in [0.29, 0.717) is 50.6 Å². The summed E-state index contributed by atoms with van der Waals surface area (Å²) < 4.78 is 72.7. The van der Waals surface area contributed by atoms with Crippen molar-refractivity contribution >= 4 is 27.3 Å². The largest absolute Gasteiger partial charge is 0.416 e. The van der Waals surface area contributed by atoms with Crippen molar-refractivity contribution < 1.29 is 31.1 Å². The Labute approximate surface area is 196 Å². The fourth-order valence-electron chi connectivity index (χ4n) is 4.17. The first kappa shape index (κ1) is 24.5. The van der Waals surface area contributed by atoms with Crippen LogP contribution in [0.15, 0.2) is 41.3 Å². The number of morpholine rings is 1. The molecule has 2 aliphatic rings. The highest BCUT2D eigenvalue weighted by Crippen LogP contribution is 2.36. The second kappa shape index (κ2) is 9.55. The Hall–Kier alpha value is -2.63. The van der Waals surface area contributed by atoms with E-state index in [2.05, 4.69) is 5.32 Å². The summed E-state index contributed by atoms with van der Waals surface area (Å²) in [5.41, 5.74) is 0.169. The van der Waals surface area contributed by atoms with Crippen LogP contribution in [0.5, 0.6) is 0 Å². The van der Waals surface area contributed by atoms with E-state index in [1.807, 2.05) is 4.90 Å². The number of anilines is 2. The maximum Gasteiger partial charge on any atom is 0.416 e. The van der Waals surface area contributed by atoms with Crippen molar-refractivity contribution in [3.8, 4) is 0 Å². The molecule has 0 atom stereocenters. The predicted molar refractivity (Wildman–Crippen MR) is 122 cm³/mol. The van der Waals surface area contributed by atoms with E-state index in [1.54, 1.807) is 6.92 Å². The Bertz CT molecular complexity index is 1170. The molecule has 0 saturated carbocycles. The molecule has 1 N–H and O–H groups in total. The normalized spacial score (nSPS) is 17.7. The Morgan fingerprint density at radius 2 is 1.68 bits per heavy atom. The lowest BCUT2D eigenvalue weighted by atomic mass is 10.1. The summed E-state index contributed by atoms with van der Waals surface area (Å²) in [4.78, 5) is 15.0. The molecule has 7 nitrogen and oxygen atoms in total. The van der Waals surface area contributed by atoms with Gasteiger partial charge < -0.3 is 15.0 Å². The Kier molecular flexibility index (Phi) is 6.88. The molecule has 1 amide bonds. The van der Waals surface area contributed by atoms with Gasteiger partial charge in [-0.3, -0.25) is 4.79 Å². The number of hydrogen-bond acceptors (Lipinski definition) is 5. The van der Waals surface area contributed by atoms with Gasteiger partial charge in [0.05, 0.1) is 35.0 Å². The molecule has 0 aliphatic carbocycles. The van der Waals surface area contributed by atoms with Crippen LogP contribution in [0.1, 0.15) is 34.3 Å². The van der Waals surface area contributed by atoms with E-state index >= 15 is 0 Å². The summed E-state index contributed by atoms with van der Waals surface area (Å²) in [6.45, 7) is 4.27. The van der Waals surface area contributed by atoms with Crippen LogP contribution in [-0.2, 0) is 20.9 Å². The molecular formula is C23H26F3N3O4S. The van der Waals surface area contributed by atoms with Crippen molar-refractivity contribution in [3.05, 3.63) is 53.1 Å². The quantitative estimate of drug-likeness (QED) is 0.678. The second-order valence-corrected chi connectivity index (χ2v) is 10.3. The summed E-state index contributed by atoms with van der Waals surface area (Å²) >= 11 is 0. The Morgan fingerprint density at radius 1 is 1.00 bits per heavy atom. The third-order valence-electron chi connectivity index (χ3n) is 6.08. The number of aryl methyl sites for hydroxylation is 1. The van der Waals surface area contributed by atoms with Gasteiger partial charge in [0.15, 0.2) is 0 Å². The number of halogens is 3. The average Bonchev–Trinajstić information content (AvgIpc) is 3.35. The van der Waals surface area contributed by atoms with Gasteiger partial charge in [0, 0.05) is 31.7 Å². The zero-order valence-electron chi connectivity index (χ0n) is 18.7. The number of rotatable bonds is 5. The highest BCUT2D eigenvalue weighted by molar-refractivity contribution is 7.89. The van der Waals surface area contributed by atoms with Crippen molar-refractivity contribution in [3.63, 3.8) is 0 Å². The van der Waals surface area contributed by atoms with Crippen molar-refractivity contribution in [2.45, 2.75) is 30.8 Å². The van der Waals surface area contributed by atoms with Gasteiger partial charge >= 0.3 is 6.18 Å². The summed E-state index contributed by atoms with van der Waals surface area (Å²) in [7, 11) is -3.75. The minimum absolute atomic E-state index is 0.00827. The average molecular weight is 498 g/mol. The fourth-order valence-corrected chi connectivity index (χ4v) is 5.71. The van der Waals surface area contributed by atoms with E-state index in [1.165, 1.54) is 28.6 Å². The lowest BCUT2D eigenvalue weighted by Crippen LogP contribution is -2.37. The highest BCUT2D eigenvalue weighted by Gasteiger charge is 2.32. The van der Waals surface area contributed by atoms with Crippen LogP contribution < -0.4 is 10.2 Å². The minimum atomic E-state index is -4.58. The number of hydrogen-bond donors (Lipinski definition) is 1. The van der Waals surface area contributed by atoms with Crippen LogP contribution in [0.3, 0.4) is 0 Å². The van der Waals surface area contributed by atoms with E-state index < -0.39 is 27.7 Å². The second-order valence-electron chi connectivity index (χ2n) is 8.37. The van der Waals surface area contributed by atoms with Crippen molar-refractivity contribution in [1.29, 1.82) is 0 Å². The topological polar surface area (TPSA) is 79.0 Å². The molecule has 34 heavy (non-hydrogen) atoms. The fraction of sp³-hybridized carbons (Fsp3) is 0.435. The molecular weight excluding hydrogens is 471 g/mol. The number of ether oxygens (including phenoxy) is 1. The van der Waals surface area contributed by atoms with Crippen LogP contribution in [0.4, 0.5) is 24.5 Å². The molecule has 0 aromatic heterocycles. The van der Waals surface area contributed by atoms with Gasteiger partial charge in [0.1, 0.15) is 0 Å². The van der Waals surface area contributed by atoms with Crippen molar-refractivity contribution in [1.82, 2.24) is 4.31 Å². The predicted octanol–water partition coefficient (Wildman–Crippen LogP) is 3.89. The molecule has 0 radical (unpaired) electrons. The van der Waals surface area contributed by atoms with Gasteiger partial charge in [-0.05, 0) is 55.7 Å². The molecule has 2 aromatic rings. The van der Waals surface area contributed by atoms with Crippen LogP contribution in [-0.4, -0.2) is 58.0 Å². The smallest absolute Gasteiger partial charge is 0.378 e. The first-order valence-corrected chi connectivity index (χ1v) is 12.5. The molecule has 2 aliphatic heterocycles. The van der Waals surface area contributed by atoms with Gasteiger partial charge in [0.2, 0.25) is 10.0 Å². The standard InChI is InChI=1S/C23H26F3N3O4S/c1-16-4-6-18(34(31,32)29-8-2-3-9-29)15-19(16)22(30)27-20-14-17(23(24,25)26)5-7-21(20)28-10-12-33-13-11-28/h4-7,14-15H,2-3,8-13H2,1H3,(H,27,30). The van der Waals surface area contributed by atoms with E-state index in [9.17, 15) is 26.4 Å². The molecule has 2 saturated heterocycles. The first-order chi connectivity index (χ1) is 16.1. The lowest BCUT2D eigenvalue weighted by molar-refractivity contribution is -0.137. The van der Waals surface area contributed by atoms with E-state index in [-0.39, 0.29) is 16.1 Å². The number of benzene rings is 2. The Balaban J connectivity index is 1.68. The van der Waals surface area contributed by atoms with Crippen LogP contribution in [0.2, 0.25) is 0 Å². The minimum Gasteiger partial charge on any atom is -0.378 e. The van der Waals surface area contributed by atoms with Crippen molar-refractivity contribution in [2.24, 2.45) is 0 Å². The van der Waals surface area contributed by atoms with Crippen LogP contribution in [0.25, 0.3) is 0 Å². The molecule has 2 aromatic carbocycles. The molecule has 0 bridgehead atoms. The summed E-state index contributed by atoms with van der Waals surface area (Å²) in [6.07, 6.45) is -3.03. The number of amides is 1. The van der Waals surface area contributed by atoms with Gasteiger partial charge in [-0.2, -0.15) is 17.5 Å². The first-order valence-electron chi connectivity index (χ1n) is 11.0. The summed E-state index contributed by atoms with van der Waals surface area (Å²) in [5, 5.41) is 2.60. The molecule has 184 valence electrons. The SMILES string of the molecule is Cc1ccc(S(=O)(=O)N2CCCC2)cc1C(=O)Nc1cc(C(F)(F)F)ccc1N1CCOCC1. The van der Waals surface area contributed by atoms with Crippen molar-refractivity contribution in [2.75, 3.05) is 49.6 Å². The lowest BCUT2D eigenvalue weighted by Gasteiger charge is -2.31. The molecule has 0 spiro atoms.